The Kier molecular flexibility index (Phi) is 4.82. The van der Waals surface area contributed by atoms with Crippen LogP contribution in [0.2, 0.25) is 0 Å². The van der Waals surface area contributed by atoms with Gasteiger partial charge in [-0.3, -0.25) is 0 Å². The van der Waals surface area contributed by atoms with Crippen LogP contribution in [0.15, 0.2) is 0 Å². The molecule has 0 aliphatic heterocycles. The SMILES string of the molecule is CCSC1CCC(C(C)(C)CC)CC1. The molecule has 0 amide bonds. The predicted octanol–water partition coefficient (Wildman–Crippen LogP) is 4.73. The number of thioether (sulfide) groups is 1. The van der Waals surface area contributed by atoms with E-state index in [-0.39, 0.29) is 0 Å². The lowest BCUT2D eigenvalue weighted by Crippen LogP contribution is -2.28. The second-order valence-corrected chi connectivity index (χ2v) is 6.85. The maximum absolute atomic E-state index is 2.45. The summed E-state index contributed by atoms with van der Waals surface area (Å²) < 4.78 is 0. The molecule has 0 aromatic heterocycles. The third kappa shape index (κ3) is 3.18. The molecule has 1 aliphatic rings. The average Bonchev–Trinajstić information content (AvgIpc) is 2.19. The van der Waals surface area contributed by atoms with Gasteiger partial charge in [0.2, 0.25) is 0 Å². The molecule has 0 aromatic carbocycles. The topological polar surface area (TPSA) is 0 Å². The molecule has 14 heavy (non-hydrogen) atoms. The van der Waals surface area contributed by atoms with Gasteiger partial charge in [-0.2, -0.15) is 11.8 Å². The Labute approximate surface area is 94.2 Å². The second kappa shape index (κ2) is 5.44. The minimum Gasteiger partial charge on any atom is -0.159 e. The summed E-state index contributed by atoms with van der Waals surface area (Å²) in [6.07, 6.45) is 7.21. The molecule has 1 fully saturated rings. The lowest BCUT2D eigenvalue weighted by Gasteiger charge is -2.38. The van der Waals surface area contributed by atoms with Gasteiger partial charge in [0.1, 0.15) is 0 Å². The Hall–Kier alpha value is 0.350. The molecule has 0 N–H and O–H groups in total. The summed E-state index contributed by atoms with van der Waals surface area (Å²) in [4.78, 5) is 0. The van der Waals surface area contributed by atoms with Crippen LogP contribution in [-0.4, -0.2) is 11.0 Å². The molecule has 1 rings (SSSR count). The summed E-state index contributed by atoms with van der Waals surface area (Å²) in [5.41, 5.74) is 0.585. The molecule has 0 saturated heterocycles. The van der Waals surface area contributed by atoms with Gasteiger partial charge in [-0.15, -0.1) is 0 Å². The summed E-state index contributed by atoms with van der Waals surface area (Å²) in [6.45, 7) is 9.52. The monoisotopic (exact) mass is 214 g/mol. The standard InChI is InChI=1S/C13H26S/c1-5-13(3,4)11-7-9-12(10-8-11)14-6-2/h11-12H,5-10H2,1-4H3. The van der Waals surface area contributed by atoms with Crippen LogP contribution in [0.1, 0.15) is 59.8 Å². The third-order valence-corrected chi connectivity index (χ3v) is 5.37. The zero-order valence-corrected chi connectivity index (χ0v) is 11.1. The van der Waals surface area contributed by atoms with E-state index in [2.05, 4.69) is 39.5 Å². The van der Waals surface area contributed by atoms with Crippen LogP contribution in [0, 0.1) is 11.3 Å². The number of hydrogen-bond donors (Lipinski definition) is 0. The molecule has 0 bridgehead atoms. The highest BCUT2D eigenvalue weighted by molar-refractivity contribution is 7.99. The fourth-order valence-electron chi connectivity index (χ4n) is 2.54. The van der Waals surface area contributed by atoms with Crippen LogP contribution in [-0.2, 0) is 0 Å². The van der Waals surface area contributed by atoms with Gasteiger partial charge in [-0.1, -0.05) is 34.1 Å². The van der Waals surface area contributed by atoms with Gasteiger partial charge in [0.15, 0.2) is 0 Å². The molecule has 1 aliphatic carbocycles. The van der Waals surface area contributed by atoms with E-state index in [0.29, 0.717) is 5.41 Å². The summed E-state index contributed by atoms with van der Waals surface area (Å²) in [5, 5.41) is 0.976. The first-order chi connectivity index (χ1) is 6.60. The summed E-state index contributed by atoms with van der Waals surface area (Å²) >= 11 is 2.17. The molecule has 84 valence electrons. The third-order valence-electron chi connectivity index (χ3n) is 4.09. The maximum atomic E-state index is 2.45. The van der Waals surface area contributed by atoms with Gasteiger partial charge in [0.05, 0.1) is 0 Å². The highest BCUT2D eigenvalue weighted by atomic mass is 32.2. The largest absolute Gasteiger partial charge is 0.159 e. The second-order valence-electron chi connectivity index (χ2n) is 5.27. The first kappa shape index (κ1) is 12.4. The molecular formula is C13H26S. The predicted molar refractivity (Wildman–Crippen MR) is 68.0 cm³/mol. The highest BCUT2D eigenvalue weighted by Gasteiger charge is 2.31. The fourth-order valence-corrected chi connectivity index (χ4v) is 3.61. The molecule has 1 saturated carbocycles. The van der Waals surface area contributed by atoms with Crippen molar-refractivity contribution in [2.45, 2.75) is 65.0 Å². The Balaban J connectivity index is 2.35. The summed E-state index contributed by atoms with van der Waals surface area (Å²) in [5.74, 6) is 2.29. The zero-order chi connectivity index (χ0) is 10.6. The number of hydrogen-bond acceptors (Lipinski definition) is 1. The van der Waals surface area contributed by atoms with Crippen molar-refractivity contribution >= 4 is 11.8 Å². The lowest BCUT2D eigenvalue weighted by atomic mass is 9.70. The maximum Gasteiger partial charge on any atom is 0.00471 e. The van der Waals surface area contributed by atoms with Crippen LogP contribution in [0.3, 0.4) is 0 Å². The molecular weight excluding hydrogens is 188 g/mol. The van der Waals surface area contributed by atoms with Gasteiger partial charge in [0, 0.05) is 5.25 Å². The van der Waals surface area contributed by atoms with Crippen LogP contribution in [0.25, 0.3) is 0 Å². The average molecular weight is 214 g/mol. The van der Waals surface area contributed by atoms with Gasteiger partial charge < -0.3 is 0 Å². The van der Waals surface area contributed by atoms with Crippen molar-refractivity contribution in [1.82, 2.24) is 0 Å². The molecule has 0 heterocycles. The normalized spacial score (nSPS) is 29.1. The van der Waals surface area contributed by atoms with Crippen LogP contribution in [0.4, 0.5) is 0 Å². The molecule has 0 nitrogen and oxygen atoms in total. The van der Waals surface area contributed by atoms with E-state index in [1.54, 1.807) is 0 Å². The first-order valence-electron chi connectivity index (χ1n) is 6.21. The first-order valence-corrected chi connectivity index (χ1v) is 7.26. The Morgan fingerprint density at radius 3 is 2.07 bits per heavy atom. The van der Waals surface area contributed by atoms with E-state index in [4.69, 9.17) is 0 Å². The van der Waals surface area contributed by atoms with E-state index in [1.807, 2.05) is 0 Å². The minimum atomic E-state index is 0.585. The lowest BCUT2D eigenvalue weighted by molar-refractivity contribution is 0.155. The number of rotatable bonds is 4. The molecule has 0 spiro atoms. The smallest absolute Gasteiger partial charge is 0.00471 e. The summed E-state index contributed by atoms with van der Waals surface area (Å²) in [6, 6.07) is 0. The van der Waals surface area contributed by atoms with Gasteiger partial charge in [-0.25, -0.2) is 0 Å². The van der Waals surface area contributed by atoms with Crippen LogP contribution >= 0.6 is 11.8 Å². The van der Waals surface area contributed by atoms with E-state index in [9.17, 15) is 0 Å². The Bertz CT molecular complexity index is 155. The van der Waals surface area contributed by atoms with Crippen LogP contribution < -0.4 is 0 Å². The van der Waals surface area contributed by atoms with Gasteiger partial charge in [-0.05, 0) is 42.8 Å². The van der Waals surface area contributed by atoms with E-state index < -0.39 is 0 Å². The Morgan fingerprint density at radius 1 is 1.07 bits per heavy atom. The van der Waals surface area contributed by atoms with Crippen molar-refractivity contribution in [2.24, 2.45) is 11.3 Å². The van der Waals surface area contributed by atoms with Crippen molar-refractivity contribution in [2.75, 3.05) is 5.75 Å². The molecule has 0 radical (unpaired) electrons. The van der Waals surface area contributed by atoms with Crippen molar-refractivity contribution < 1.29 is 0 Å². The van der Waals surface area contributed by atoms with Gasteiger partial charge >= 0.3 is 0 Å². The van der Waals surface area contributed by atoms with Gasteiger partial charge in [0.25, 0.3) is 0 Å². The molecule has 0 unspecified atom stereocenters. The Morgan fingerprint density at radius 2 is 1.64 bits per heavy atom. The van der Waals surface area contributed by atoms with Crippen molar-refractivity contribution in [1.29, 1.82) is 0 Å². The van der Waals surface area contributed by atoms with Crippen molar-refractivity contribution in [3.05, 3.63) is 0 Å². The summed E-state index contributed by atoms with van der Waals surface area (Å²) in [7, 11) is 0. The molecule has 0 aromatic rings. The van der Waals surface area contributed by atoms with Crippen molar-refractivity contribution in [3.63, 3.8) is 0 Å². The molecule has 1 heteroatoms. The minimum absolute atomic E-state index is 0.585. The molecule has 0 atom stereocenters. The zero-order valence-electron chi connectivity index (χ0n) is 10.3. The highest BCUT2D eigenvalue weighted by Crippen LogP contribution is 2.42. The van der Waals surface area contributed by atoms with E-state index >= 15 is 0 Å². The van der Waals surface area contributed by atoms with Crippen molar-refractivity contribution in [3.8, 4) is 0 Å². The van der Waals surface area contributed by atoms with E-state index in [1.165, 1.54) is 37.9 Å². The fraction of sp³-hybridized carbons (Fsp3) is 1.00. The van der Waals surface area contributed by atoms with E-state index in [0.717, 1.165) is 11.2 Å². The quantitative estimate of drug-likeness (QED) is 0.651. The van der Waals surface area contributed by atoms with Crippen LogP contribution in [0.5, 0.6) is 0 Å².